The molecule has 7 nitrogen and oxygen atoms in total. The molecule has 2 atom stereocenters. The van der Waals surface area contributed by atoms with Crippen molar-refractivity contribution in [2.45, 2.75) is 18.8 Å². The number of ether oxygens (including phenoxy) is 2. The number of fused-ring (bicyclic) bond motifs is 1. The highest BCUT2D eigenvalue weighted by Gasteiger charge is 2.51. The fourth-order valence-electron chi connectivity index (χ4n) is 4.27. The van der Waals surface area contributed by atoms with Crippen LogP contribution in [-0.2, 0) is 9.47 Å². The number of carbonyl (C=O) groups excluding carboxylic acids is 1. The quantitative estimate of drug-likeness (QED) is 0.805. The Morgan fingerprint density at radius 3 is 2.89 bits per heavy atom. The summed E-state index contributed by atoms with van der Waals surface area (Å²) in [6.07, 6.45) is 2.25. The standard InChI is InChI=1S/C20H23N3O4/c1-25-11-20-10-23(8-16(20)9-26-12-20)19(24)15-6-2-13(3-7-15)17-21-18(27-22-17)14-4-5-14/h2-3,6-7,14,16H,4-5,8-12H2,1H3/t16-,20-/m0/s1. The van der Waals surface area contributed by atoms with Gasteiger partial charge in [0.1, 0.15) is 0 Å². The lowest BCUT2D eigenvalue weighted by Crippen LogP contribution is -2.37. The molecule has 0 N–H and O–H groups in total. The highest BCUT2D eigenvalue weighted by Crippen LogP contribution is 2.42. The molecule has 0 spiro atoms. The summed E-state index contributed by atoms with van der Waals surface area (Å²) in [7, 11) is 1.71. The number of hydrogen-bond acceptors (Lipinski definition) is 6. The minimum Gasteiger partial charge on any atom is -0.384 e. The molecule has 0 radical (unpaired) electrons. The summed E-state index contributed by atoms with van der Waals surface area (Å²) in [5, 5.41) is 4.06. The molecule has 142 valence electrons. The molecule has 1 aliphatic carbocycles. The van der Waals surface area contributed by atoms with Crippen molar-refractivity contribution in [3.05, 3.63) is 35.7 Å². The summed E-state index contributed by atoms with van der Waals surface area (Å²) in [5.41, 5.74) is 1.48. The molecule has 3 fully saturated rings. The lowest BCUT2D eigenvalue weighted by molar-refractivity contribution is 0.0489. The second-order valence-electron chi connectivity index (χ2n) is 8.00. The molecular formula is C20H23N3O4. The van der Waals surface area contributed by atoms with E-state index in [1.807, 2.05) is 29.2 Å². The third kappa shape index (κ3) is 2.95. The molecule has 7 heteroatoms. The number of aromatic nitrogens is 2. The van der Waals surface area contributed by atoms with E-state index < -0.39 is 0 Å². The molecule has 0 bridgehead atoms. The van der Waals surface area contributed by atoms with Crippen LogP contribution in [0.1, 0.15) is 35.0 Å². The van der Waals surface area contributed by atoms with Crippen molar-refractivity contribution in [3.8, 4) is 11.4 Å². The number of rotatable bonds is 5. The third-order valence-electron chi connectivity index (χ3n) is 6.00. The van der Waals surface area contributed by atoms with Gasteiger partial charge < -0.3 is 18.9 Å². The fraction of sp³-hybridized carbons (Fsp3) is 0.550. The first kappa shape index (κ1) is 16.9. The van der Waals surface area contributed by atoms with Gasteiger partial charge in [-0.2, -0.15) is 4.98 Å². The molecule has 2 aliphatic heterocycles. The summed E-state index contributed by atoms with van der Waals surface area (Å²) >= 11 is 0. The first-order valence-corrected chi connectivity index (χ1v) is 9.48. The lowest BCUT2D eigenvalue weighted by atomic mass is 9.82. The maximum absolute atomic E-state index is 13.0. The van der Waals surface area contributed by atoms with Gasteiger partial charge >= 0.3 is 0 Å². The Hall–Kier alpha value is -2.25. The second kappa shape index (κ2) is 6.42. The van der Waals surface area contributed by atoms with Crippen molar-refractivity contribution >= 4 is 5.91 Å². The Bertz CT molecular complexity index is 845. The van der Waals surface area contributed by atoms with Crippen molar-refractivity contribution in [1.82, 2.24) is 15.0 Å². The normalized spacial score (nSPS) is 27.1. The van der Waals surface area contributed by atoms with Crippen LogP contribution < -0.4 is 0 Å². The van der Waals surface area contributed by atoms with Gasteiger partial charge in [0, 0.05) is 48.6 Å². The van der Waals surface area contributed by atoms with E-state index in [1.165, 1.54) is 0 Å². The van der Waals surface area contributed by atoms with Crippen molar-refractivity contribution in [2.75, 3.05) is 40.0 Å². The van der Waals surface area contributed by atoms with Gasteiger partial charge in [0.15, 0.2) is 0 Å². The second-order valence-corrected chi connectivity index (χ2v) is 8.00. The van der Waals surface area contributed by atoms with E-state index in [-0.39, 0.29) is 11.3 Å². The van der Waals surface area contributed by atoms with E-state index in [9.17, 15) is 4.79 Å². The molecule has 2 aromatic rings. The van der Waals surface area contributed by atoms with E-state index in [0.717, 1.165) is 30.8 Å². The zero-order valence-electron chi connectivity index (χ0n) is 15.4. The number of amides is 1. The van der Waals surface area contributed by atoms with Gasteiger partial charge in [-0.3, -0.25) is 4.79 Å². The Morgan fingerprint density at radius 2 is 2.15 bits per heavy atom. The molecule has 1 amide bonds. The molecular weight excluding hydrogens is 346 g/mol. The van der Waals surface area contributed by atoms with Crippen molar-refractivity contribution in [2.24, 2.45) is 11.3 Å². The maximum atomic E-state index is 13.0. The first-order chi connectivity index (χ1) is 13.2. The number of likely N-dealkylation sites (tertiary alicyclic amines) is 1. The van der Waals surface area contributed by atoms with E-state index in [1.54, 1.807) is 7.11 Å². The number of benzene rings is 1. The summed E-state index contributed by atoms with van der Waals surface area (Å²) in [6.45, 7) is 3.39. The van der Waals surface area contributed by atoms with Crippen LogP contribution in [0.15, 0.2) is 28.8 Å². The monoisotopic (exact) mass is 369 g/mol. The summed E-state index contributed by atoms with van der Waals surface area (Å²) in [4.78, 5) is 19.4. The van der Waals surface area contributed by atoms with Crippen LogP contribution in [-0.4, -0.2) is 61.0 Å². The molecule has 0 unspecified atom stereocenters. The zero-order valence-corrected chi connectivity index (χ0v) is 15.4. The number of hydrogen-bond donors (Lipinski definition) is 0. The van der Waals surface area contributed by atoms with Gasteiger partial charge in [0.05, 0.1) is 19.8 Å². The van der Waals surface area contributed by atoms with Crippen LogP contribution in [0.3, 0.4) is 0 Å². The Labute approximate surface area is 157 Å². The van der Waals surface area contributed by atoms with Gasteiger partial charge in [-0.05, 0) is 25.0 Å². The van der Waals surface area contributed by atoms with E-state index >= 15 is 0 Å². The summed E-state index contributed by atoms with van der Waals surface area (Å²) in [6, 6.07) is 7.47. The topological polar surface area (TPSA) is 77.7 Å². The molecule has 5 rings (SSSR count). The van der Waals surface area contributed by atoms with Gasteiger partial charge in [0.25, 0.3) is 5.91 Å². The molecule has 1 saturated carbocycles. The van der Waals surface area contributed by atoms with E-state index in [0.29, 0.717) is 49.6 Å². The highest BCUT2D eigenvalue weighted by atomic mass is 16.5. The lowest BCUT2D eigenvalue weighted by Gasteiger charge is -2.26. The summed E-state index contributed by atoms with van der Waals surface area (Å²) in [5.74, 6) is 2.14. The van der Waals surface area contributed by atoms with Crippen LogP contribution in [0.5, 0.6) is 0 Å². The first-order valence-electron chi connectivity index (χ1n) is 9.48. The molecule has 3 heterocycles. The zero-order chi connectivity index (χ0) is 18.4. The van der Waals surface area contributed by atoms with Crippen LogP contribution in [0.4, 0.5) is 0 Å². The molecule has 27 heavy (non-hydrogen) atoms. The molecule has 2 saturated heterocycles. The van der Waals surface area contributed by atoms with Gasteiger partial charge in [-0.25, -0.2) is 0 Å². The maximum Gasteiger partial charge on any atom is 0.253 e. The van der Waals surface area contributed by atoms with Gasteiger partial charge in [-0.1, -0.05) is 17.3 Å². The van der Waals surface area contributed by atoms with Crippen molar-refractivity contribution < 1.29 is 18.8 Å². The number of nitrogens with zero attached hydrogens (tertiary/aromatic N) is 3. The van der Waals surface area contributed by atoms with Crippen molar-refractivity contribution in [1.29, 1.82) is 0 Å². The third-order valence-corrected chi connectivity index (χ3v) is 6.00. The van der Waals surface area contributed by atoms with E-state index in [4.69, 9.17) is 14.0 Å². The minimum atomic E-state index is -0.0613. The molecule has 3 aliphatic rings. The van der Waals surface area contributed by atoms with Crippen LogP contribution in [0.2, 0.25) is 0 Å². The highest BCUT2D eigenvalue weighted by molar-refractivity contribution is 5.95. The smallest absolute Gasteiger partial charge is 0.253 e. The molecule has 1 aromatic carbocycles. The Morgan fingerprint density at radius 1 is 1.33 bits per heavy atom. The largest absolute Gasteiger partial charge is 0.384 e. The summed E-state index contributed by atoms with van der Waals surface area (Å²) < 4.78 is 16.4. The predicted molar refractivity (Wildman–Crippen MR) is 96.2 cm³/mol. The number of methoxy groups -OCH3 is 1. The van der Waals surface area contributed by atoms with Crippen molar-refractivity contribution in [3.63, 3.8) is 0 Å². The minimum absolute atomic E-state index is 0.0539. The van der Waals surface area contributed by atoms with Gasteiger partial charge in [-0.15, -0.1) is 0 Å². The van der Waals surface area contributed by atoms with Gasteiger partial charge in [0.2, 0.25) is 11.7 Å². The predicted octanol–water partition coefficient (Wildman–Crippen LogP) is 2.35. The van der Waals surface area contributed by atoms with E-state index in [2.05, 4.69) is 10.1 Å². The van der Waals surface area contributed by atoms with Crippen LogP contribution in [0, 0.1) is 11.3 Å². The number of carbonyl (C=O) groups is 1. The van der Waals surface area contributed by atoms with Crippen LogP contribution in [0.25, 0.3) is 11.4 Å². The van der Waals surface area contributed by atoms with Crippen LogP contribution >= 0.6 is 0 Å². The Balaban J connectivity index is 1.30. The Kier molecular flexibility index (Phi) is 4.02. The average molecular weight is 369 g/mol. The SMILES string of the molecule is COC[C@@]12COC[C@@H]1CN(C(=O)c1ccc(-c3noc(C4CC4)n3)cc1)C2. The molecule has 1 aromatic heterocycles. The average Bonchev–Trinajstić information content (AvgIpc) is 3.12. The fourth-order valence-corrected chi connectivity index (χ4v) is 4.27.